The maximum Gasteiger partial charge on any atom is 0.236 e. The average molecular weight is 506 g/mol. The van der Waals surface area contributed by atoms with E-state index in [4.69, 9.17) is 4.74 Å². The van der Waals surface area contributed by atoms with E-state index < -0.39 is 10.0 Å². The van der Waals surface area contributed by atoms with E-state index in [1.807, 2.05) is 37.5 Å². The standard InChI is InChI=1S/C25H39N5O4S/c1-6-7-24(34-5)20-22(2)21-35(32,33)28(4)13-10-25(31)27(3)14-15-29-16-18-30(19-17-29)23-8-11-26-12-9-23/h6-9,11-12,20-21H,10,13-19H2,1-5H3/b7-6+,22-21+,24-20+. The van der Waals surface area contributed by atoms with E-state index in [-0.39, 0.29) is 18.9 Å². The van der Waals surface area contributed by atoms with Crippen molar-refractivity contribution in [1.82, 2.24) is 19.1 Å². The van der Waals surface area contributed by atoms with Crippen LogP contribution >= 0.6 is 0 Å². The quantitative estimate of drug-likeness (QED) is 0.318. The molecule has 1 aromatic heterocycles. The molecule has 9 nitrogen and oxygen atoms in total. The van der Waals surface area contributed by atoms with Crippen molar-refractivity contribution in [3.05, 3.63) is 59.5 Å². The smallest absolute Gasteiger partial charge is 0.236 e. The first-order valence-corrected chi connectivity index (χ1v) is 13.3. The molecule has 0 N–H and O–H groups in total. The summed E-state index contributed by atoms with van der Waals surface area (Å²) in [5, 5.41) is 1.19. The highest BCUT2D eigenvalue weighted by Crippen LogP contribution is 2.15. The Labute approximate surface area is 210 Å². The predicted molar refractivity (Wildman–Crippen MR) is 140 cm³/mol. The third kappa shape index (κ3) is 9.46. The first-order valence-electron chi connectivity index (χ1n) is 11.8. The van der Waals surface area contributed by atoms with Gasteiger partial charge in [-0.25, -0.2) is 12.7 Å². The van der Waals surface area contributed by atoms with Crippen LogP contribution in [0, 0.1) is 0 Å². The molecular formula is C25H39N5O4S. The molecule has 1 fully saturated rings. The molecule has 0 atom stereocenters. The van der Waals surface area contributed by atoms with E-state index in [1.54, 1.807) is 31.0 Å². The second-order valence-corrected chi connectivity index (χ2v) is 10.5. The van der Waals surface area contributed by atoms with Gasteiger partial charge in [-0.15, -0.1) is 0 Å². The summed E-state index contributed by atoms with van der Waals surface area (Å²) in [6.07, 6.45) is 8.97. The fourth-order valence-electron chi connectivity index (χ4n) is 3.69. The number of hydrogen-bond donors (Lipinski definition) is 0. The number of amides is 1. The number of carbonyl (C=O) groups excluding carboxylic acids is 1. The van der Waals surface area contributed by atoms with E-state index in [9.17, 15) is 13.2 Å². The van der Waals surface area contributed by atoms with E-state index >= 15 is 0 Å². The molecule has 1 aromatic rings. The van der Waals surface area contributed by atoms with Gasteiger partial charge in [-0.1, -0.05) is 6.08 Å². The van der Waals surface area contributed by atoms with E-state index in [2.05, 4.69) is 14.8 Å². The summed E-state index contributed by atoms with van der Waals surface area (Å²) < 4.78 is 31.7. The van der Waals surface area contributed by atoms with Gasteiger partial charge in [-0.3, -0.25) is 14.7 Å². The molecule has 0 spiro atoms. The zero-order chi connectivity index (χ0) is 25.8. The molecule has 0 unspecified atom stereocenters. The molecule has 10 heteroatoms. The molecule has 1 amide bonds. The van der Waals surface area contributed by atoms with Crippen LogP contribution in [-0.4, -0.2) is 100 Å². The van der Waals surface area contributed by atoms with Gasteiger partial charge < -0.3 is 14.5 Å². The van der Waals surface area contributed by atoms with Crippen molar-refractivity contribution >= 4 is 21.6 Å². The van der Waals surface area contributed by atoms with Gasteiger partial charge in [0.15, 0.2) is 0 Å². The van der Waals surface area contributed by atoms with Crippen molar-refractivity contribution in [2.45, 2.75) is 20.3 Å². The fraction of sp³-hybridized carbons (Fsp3) is 0.520. The van der Waals surface area contributed by atoms with Crippen molar-refractivity contribution < 1.29 is 17.9 Å². The lowest BCUT2D eigenvalue weighted by molar-refractivity contribution is -0.130. The summed E-state index contributed by atoms with van der Waals surface area (Å²) >= 11 is 0. The first kappa shape index (κ1) is 28.5. The van der Waals surface area contributed by atoms with E-state index in [1.165, 1.54) is 29.6 Å². The molecule has 2 heterocycles. The predicted octanol–water partition coefficient (Wildman–Crippen LogP) is 2.32. The number of likely N-dealkylation sites (N-methyl/N-ethyl adjacent to an activating group) is 1. The molecule has 0 radical (unpaired) electrons. The third-order valence-electron chi connectivity index (χ3n) is 5.92. The van der Waals surface area contributed by atoms with Crippen LogP contribution in [0.5, 0.6) is 0 Å². The minimum absolute atomic E-state index is 0.0715. The van der Waals surface area contributed by atoms with E-state index in [0.29, 0.717) is 17.9 Å². The molecule has 194 valence electrons. The largest absolute Gasteiger partial charge is 0.497 e. The van der Waals surface area contributed by atoms with Crippen molar-refractivity contribution in [2.75, 3.05) is 71.9 Å². The summed E-state index contributed by atoms with van der Waals surface area (Å²) in [4.78, 5) is 23.0. The number of anilines is 1. The van der Waals surface area contributed by atoms with Crippen molar-refractivity contribution in [3.8, 4) is 0 Å². The lowest BCUT2D eigenvalue weighted by Gasteiger charge is -2.36. The number of allylic oxidation sites excluding steroid dienone is 4. The Balaban J connectivity index is 1.77. The number of ether oxygens (including phenoxy) is 1. The van der Waals surface area contributed by atoms with Crippen molar-refractivity contribution in [3.63, 3.8) is 0 Å². The van der Waals surface area contributed by atoms with Gasteiger partial charge in [0, 0.05) is 89.8 Å². The Bertz CT molecular complexity index is 1000. The number of sulfonamides is 1. The van der Waals surface area contributed by atoms with Crippen LogP contribution in [0.25, 0.3) is 0 Å². The monoisotopic (exact) mass is 505 g/mol. The van der Waals surface area contributed by atoms with Gasteiger partial charge in [0.25, 0.3) is 0 Å². The molecule has 1 aliphatic rings. The number of piperazine rings is 1. The maximum atomic E-state index is 12.6. The number of carbonyl (C=O) groups is 1. The number of hydrogen-bond acceptors (Lipinski definition) is 7. The Hall–Kier alpha value is -2.69. The summed E-state index contributed by atoms with van der Waals surface area (Å²) in [6, 6.07) is 4.04. The number of methoxy groups -OCH3 is 1. The summed E-state index contributed by atoms with van der Waals surface area (Å²) in [6.45, 7) is 8.82. The maximum absolute atomic E-state index is 12.6. The van der Waals surface area contributed by atoms with Gasteiger partial charge in [-0.05, 0) is 43.7 Å². The highest BCUT2D eigenvalue weighted by Gasteiger charge is 2.20. The van der Waals surface area contributed by atoms with Gasteiger partial charge >= 0.3 is 0 Å². The SMILES string of the molecule is C/C=C/C(=C\C(C)=C\S(=O)(=O)N(C)CCC(=O)N(C)CCN1CCN(c2ccncc2)CC1)OC. The molecule has 0 aromatic carbocycles. The number of rotatable bonds is 12. The van der Waals surface area contributed by atoms with Crippen LogP contribution < -0.4 is 4.90 Å². The summed E-state index contributed by atoms with van der Waals surface area (Å²) in [5.74, 6) is 0.493. The van der Waals surface area contributed by atoms with E-state index in [0.717, 1.165) is 32.7 Å². The summed E-state index contributed by atoms with van der Waals surface area (Å²) in [5.41, 5.74) is 1.73. The molecule has 1 aliphatic heterocycles. The fourth-order valence-corrected chi connectivity index (χ4v) is 4.76. The van der Waals surface area contributed by atoms with Gasteiger partial charge in [0.2, 0.25) is 15.9 Å². The zero-order valence-electron chi connectivity index (χ0n) is 21.6. The van der Waals surface area contributed by atoms with Gasteiger partial charge in [0.1, 0.15) is 5.76 Å². The lowest BCUT2D eigenvalue weighted by atomic mass is 10.2. The number of aromatic nitrogens is 1. The van der Waals surface area contributed by atoms with Crippen LogP contribution in [-0.2, 0) is 19.6 Å². The molecule has 35 heavy (non-hydrogen) atoms. The molecule has 0 bridgehead atoms. The van der Waals surface area contributed by atoms with Gasteiger partial charge in [-0.2, -0.15) is 0 Å². The molecule has 0 aliphatic carbocycles. The van der Waals surface area contributed by atoms with Gasteiger partial charge in [0.05, 0.1) is 7.11 Å². The van der Waals surface area contributed by atoms with Crippen LogP contribution in [0.1, 0.15) is 20.3 Å². The minimum atomic E-state index is -3.65. The zero-order valence-corrected chi connectivity index (χ0v) is 22.4. The Morgan fingerprint density at radius 3 is 2.40 bits per heavy atom. The molecule has 1 saturated heterocycles. The Morgan fingerprint density at radius 1 is 1.14 bits per heavy atom. The molecule has 2 rings (SSSR count). The Morgan fingerprint density at radius 2 is 1.80 bits per heavy atom. The Kier molecular flexibility index (Phi) is 11.4. The molecular weight excluding hydrogens is 466 g/mol. The highest BCUT2D eigenvalue weighted by molar-refractivity contribution is 7.92. The summed E-state index contributed by atoms with van der Waals surface area (Å²) in [7, 11) is 1.14. The number of nitrogens with zero attached hydrogens (tertiary/aromatic N) is 5. The normalized spacial score (nSPS) is 16.2. The average Bonchev–Trinajstić information content (AvgIpc) is 2.85. The van der Waals surface area contributed by atoms with Crippen LogP contribution in [0.4, 0.5) is 5.69 Å². The topological polar surface area (TPSA) is 86.3 Å². The van der Waals surface area contributed by atoms with Crippen molar-refractivity contribution in [2.24, 2.45) is 0 Å². The number of pyridine rings is 1. The second kappa shape index (κ2) is 14.0. The first-order chi connectivity index (χ1) is 16.7. The minimum Gasteiger partial charge on any atom is -0.497 e. The highest BCUT2D eigenvalue weighted by atomic mass is 32.2. The second-order valence-electron chi connectivity index (χ2n) is 8.58. The van der Waals surface area contributed by atoms with Crippen molar-refractivity contribution in [1.29, 1.82) is 0 Å². The van der Waals surface area contributed by atoms with Crippen LogP contribution in [0.15, 0.2) is 59.5 Å². The lowest BCUT2D eigenvalue weighted by Crippen LogP contribution is -2.48. The van der Waals surface area contributed by atoms with Crippen LogP contribution in [0.3, 0.4) is 0 Å². The van der Waals surface area contributed by atoms with Crippen LogP contribution in [0.2, 0.25) is 0 Å². The molecule has 0 saturated carbocycles. The third-order valence-corrected chi connectivity index (χ3v) is 7.65.